The second kappa shape index (κ2) is 8.45. The van der Waals surface area contributed by atoms with Crippen molar-refractivity contribution in [2.75, 3.05) is 49.1 Å². The Balaban J connectivity index is 1.36. The highest BCUT2D eigenvalue weighted by molar-refractivity contribution is 7.99. The first kappa shape index (κ1) is 17.2. The van der Waals surface area contributed by atoms with Crippen molar-refractivity contribution in [3.05, 3.63) is 54.1 Å². The fourth-order valence-electron chi connectivity index (χ4n) is 3.10. The number of piperazine rings is 1. The van der Waals surface area contributed by atoms with Gasteiger partial charge in [0.2, 0.25) is 0 Å². The summed E-state index contributed by atoms with van der Waals surface area (Å²) < 4.78 is 0. The topological polar surface area (TPSA) is 32.5 Å². The lowest BCUT2D eigenvalue weighted by Gasteiger charge is -2.36. The molecule has 1 aliphatic rings. The summed E-state index contributed by atoms with van der Waals surface area (Å²) in [7, 11) is 0. The van der Waals surface area contributed by atoms with Gasteiger partial charge in [-0.05, 0) is 67.6 Å². The van der Waals surface area contributed by atoms with Crippen LogP contribution in [0.1, 0.15) is 12.0 Å². The van der Waals surface area contributed by atoms with E-state index in [-0.39, 0.29) is 0 Å². The predicted molar refractivity (Wildman–Crippen MR) is 106 cm³/mol. The monoisotopic (exact) mass is 341 g/mol. The van der Waals surface area contributed by atoms with E-state index in [2.05, 4.69) is 53.1 Å². The van der Waals surface area contributed by atoms with Gasteiger partial charge in [-0.2, -0.15) is 0 Å². The van der Waals surface area contributed by atoms with Gasteiger partial charge in [0.15, 0.2) is 0 Å². The van der Waals surface area contributed by atoms with Gasteiger partial charge >= 0.3 is 0 Å². The summed E-state index contributed by atoms with van der Waals surface area (Å²) in [5.74, 6) is 1.17. The molecule has 0 unspecified atom stereocenters. The Labute approximate surface area is 149 Å². The van der Waals surface area contributed by atoms with Crippen LogP contribution in [-0.2, 0) is 0 Å². The summed E-state index contributed by atoms with van der Waals surface area (Å²) in [6.07, 6.45) is 1.24. The Morgan fingerprint density at radius 1 is 1.00 bits per heavy atom. The molecular formula is C20H27N3S. The van der Waals surface area contributed by atoms with E-state index >= 15 is 0 Å². The fourth-order valence-corrected chi connectivity index (χ4v) is 3.93. The van der Waals surface area contributed by atoms with Crippen molar-refractivity contribution in [2.45, 2.75) is 18.2 Å². The van der Waals surface area contributed by atoms with Gasteiger partial charge in [0.25, 0.3) is 0 Å². The minimum absolute atomic E-state index is 0.839. The lowest BCUT2D eigenvalue weighted by molar-refractivity contribution is 0.259. The highest BCUT2D eigenvalue weighted by Crippen LogP contribution is 2.21. The molecule has 2 aromatic carbocycles. The molecule has 2 N–H and O–H groups in total. The van der Waals surface area contributed by atoms with Crippen LogP contribution in [0, 0.1) is 6.92 Å². The third-order valence-electron chi connectivity index (χ3n) is 4.51. The fraction of sp³-hybridized carbons (Fsp3) is 0.400. The predicted octanol–water partition coefficient (Wildman–Crippen LogP) is 3.88. The Bertz CT molecular complexity index is 634. The van der Waals surface area contributed by atoms with E-state index in [0.717, 1.165) is 18.8 Å². The van der Waals surface area contributed by atoms with Gasteiger partial charge in [-0.25, -0.2) is 0 Å². The number of nitrogens with zero attached hydrogens (tertiary/aromatic N) is 2. The Morgan fingerprint density at radius 3 is 2.46 bits per heavy atom. The van der Waals surface area contributed by atoms with Gasteiger partial charge in [-0.15, -0.1) is 11.8 Å². The van der Waals surface area contributed by atoms with Crippen LogP contribution < -0.4 is 10.6 Å². The first-order chi connectivity index (χ1) is 11.7. The van der Waals surface area contributed by atoms with E-state index < -0.39 is 0 Å². The van der Waals surface area contributed by atoms with Gasteiger partial charge in [0.05, 0.1) is 0 Å². The highest BCUT2D eigenvalue weighted by atomic mass is 32.2. The Morgan fingerprint density at radius 2 is 1.75 bits per heavy atom. The van der Waals surface area contributed by atoms with E-state index in [1.54, 1.807) is 0 Å². The number of hydrogen-bond donors (Lipinski definition) is 1. The zero-order chi connectivity index (χ0) is 16.8. The van der Waals surface area contributed by atoms with Gasteiger partial charge in [0.1, 0.15) is 0 Å². The molecular weight excluding hydrogens is 314 g/mol. The normalized spacial score (nSPS) is 15.6. The van der Waals surface area contributed by atoms with Gasteiger partial charge in [0, 0.05) is 42.4 Å². The number of thioether (sulfide) groups is 1. The largest absolute Gasteiger partial charge is 0.399 e. The molecule has 0 radical (unpaired) electrons. The molecule has 4 heteroatoms. The van der Waals surface area contributed by atoms with Crippen LogP contribution >= 0.6 is 11.8 Å². The molecule has 3 nitrogen and oxygen atoms in total. The van der Waals surface area contributed by atoms with Crippen molar-refractivity contribution in [1.82, 2.24) is 4.90 Å². The van der Waals surface area contributed by atoms with Crippen LogP contribution in [-0.4, -0.2) is 43.4 Å². The lowest BCUT2D eigenvalue weighted by atomic mass is 10.2. The Hall–Kier alpha value is -1.65. The van der Waals surface area contributed by atoms with Crippen molar-refractivity contribution in [2.24, 2.45) is 0 Å². The molecule has 0 spiro atoms. The van der Waals surface area contributed by atoms with Crippen molar-refractivity contribution in [3.8, 4) is 0 Å². The maximum Gasteiger partial charge on any atom is 0.0369 e. The van der Waals surface area contributed by atoms with E-state index in [4.69, 9.17) is 5.73 Å². The summed E-state index contributed by atoms with van der Waals surface area (Å²) >= 11 is 1.92. The average molecular weight is 342 g/mol. The standard InChI is InChI=1S/C20H27N3S/c1-17-4-2-5-19(16-17)23-13-11-22(12-14-23)10-3-15-24-20-8-6-18(21)7-9-20/h2,4-9,16H,3,10-15,21H2,1H3. The minimum atomic E-state index is 0.839. The second-order valence-corrected chi connectivity index (χ2v) is 7.61. The summed E-state index contributed by atoms with van der Waals surface area (Å²) in [6.45, 7) is 7.96. The molecule has 1 aliphatic heterocycles. The maximum atomic E-state index is 5.72. The summed E-state index contributed by atoms with van der Waals surface area (Å²) in [4.78, 5) is 6.41. The van der Waals surface area contributed by atoms with E-state index in [9.17, 15) is 0 Å². The van der Waals surface area contributed by atoms with Crippen molar-refractivity contribution in [1.29, 1.82) is 0 Å². The average Bonchev–Trinajstić information content (AvgIpc) is 2.61. The van der Waals surface area contributed by atoms with Crippen LogP contribution in [0.3, 0.4) is 0 Å². The third kappa shape index (κ3) is 4.92. The van der Waals surface area contributed by atoms with Crippen LogP contribution in [0.2, 0.25) is 0 Å². The summed E-state index contributed by atoms with van der Waals surface area (Å²) in [6, 6.07) is 17.0. The second-order valence-electron chi connectivity index (χ2n) is 6.44. The zero-order valence-corrected chi connectivity index (χ0v) is 15.3. The number of benzene rings is 2. The van der Waals surface area contributed by atoms with Crippen LogP contribution in [0.25, 0.3) is 0 Å². The molecule has 0 aliphatic carbocycles. The maximum absolute atomic E-state index is 5.72. The van der Waals surface area contributed by atoms with Gasteiger partial charge in [-0.3, -0.25) is 4.90 Å². The number of anilines is 2. The SMILES string of the molecule is Cc1cccc(N2CCN(CCCSc3ccc(N)cc3)CC2)c1. The van der Waals surface area contributed by atoms with Gasteiger partial charge < -0.3 is 10.6 Å². The number of nitrogen functional groups attached to an aromatic ring is 1. The Kier molecular flexibility index (Phi) is 6.05. The van der Waals surface area contributed by atoms with E-state index in [1.807, 2.05) is 23.9 Å². The first-order valence-corrected chi connectivity index (χ1v) is 9.71. The van der Waals surface area contributed by atoms with Crippen molar-refractivity contribution < 1.29 is 0 Å². The zero-order valence-electron chi connectivity index (χ0n) is 14.4. The molecule has 3 rings (SSSR count). The molecule has 24 heavy (non-hydrogen) atoms. The summed E-state index contributed by atoms with van der Waals surface area (Å²) in [5, 5.41) is 0. The molecule has 0 bridgehead atoms. The molecule has 0 aromatic heterocycles. The lowest BCUT2D eigenvalue weighted by Crippen LogP contribution is -2.46. The first-order valence-electron chi connectivity index (χ1n) is 8.73. The molecule has 128 valence electrons. The molecule has 0 atom stereocenters. The van der Waals surface area contributed by atoms with Crippen LogP contribution in [0.15, 0.2) is 53.4 Å². The number of rotatable bonds is 6. The highest BCUT2D eigenvalue weighted by Gasteiger charge is 2.16. The third-order valence-corrected chi connectivity index (χ3v) is 5.60. The molecule has 2 aromatic rings. The number of hydrogen-bond acceptors (Lipinski definition) is 4. The van der Waals surface area contributed by atoms with Crippen molar-refractivity contribution in [3.63, 3.8) is 0 Å². The number of nitrogens with two attached hydrogens (primary N) is 1. The molecule has 1 heterocycles. The quantitative estimate of drug-likeness (QED) is 0.491. The molecule has 1 saturated heterocycles. The van der Waals surface area contributed by atoms with E-state index in [0.29, 0.717) is 0 Å². The van der Waals surface area contributed by atoms with Crippen LogP contribution in [0.5, 0.6) is 0 Å². The summed E-state index contributed by atoms with van der Waals surface area (Å²) in [5.41, 5.74) is 9.27. The minimum Gasteiger partial charge on any atom is -0.399 e. The van der Waals surface area contributed by atoms with E-state index in [1.165, 1.54) is 48.0 Å². The molecule has 0 saturated carbocycles. The molecule has 0 amide bonds. The smallest absolute Gasteiger partial charge is 0.0369 e. The number of aryl methyl sites for hydroxylation is 1. The van der Waals surface area contributed by atoms with Crippen molar-refractivity contribution >= 4 is 23.1 Å². The van der Waals surface area contributed by atoms with Gasteiger partial charge in [-0.1, -0.05) is 12.1 Å². The molecule has 1 fully saturated rings. The van der Waals surface area contributed by atoms with Crippen LogP contribution in [0.4, 0.5) is 11.4 Å².